The van der Waals surface area contributed by atoms with Crippen molar-refractivity contribution in [3.8, 4) is 32.5 Å². The number of imidazole rings is 1. The van der Waals surface area contributed by atoms with Crippen molar-refractivity contribution in [3.63, 3.8) is 0 Å². The van der Waals surface area contributed by atoms with Crippen molar-refractivity contribution in [2.45, 2.75) is 13.8 Å². The fraction of sp³-hybridized carbons (Fsp3) is 0.100. The van der Waals surface area contributed by atoms with Gasteiger partial charge in [0, 0.05) is 41.7 Å². The number of thiazole rings is 1. The van der Waals surface area contributed by atoms with Crippen LogP contribution in [0.3, 0.4) is 0 Å². The van der Waals surface area contributed by atoms with E-state index >= 15 is 0 Å². The normalized spacial score (nSPS) is 10.9. The van der Waals surface area contributed by atoms with Gasteiger partial charge in [-0.1, -0.05) is 23.2 Å². The zero-order chi connectivity index (χ0) is 20.5. The second kappa shape index (κ2) is 7.94. The first kappa shape index (κ1) is 19.6. The average Bonchev–Trinajstić information content (AvgIpc) is 3.32. The molecule has 0 aliphatic heterocycles. The molecular weight excluding hydrogens is 429 g/mol. The van der Waals surface area contributed by atoms with Crippen molar-refractivity contribution in [2.75, 3.05) is 5.32 Å². The van der Waals surface area contributed by atoms with E-state index in [1.807, 2.05) is 19.1 Å². The van der Waals surface area contributed by atoms with E-state index in [9.17, 15) is 4.79 Å². The lowest BCUT2D eigenvalue weighted by Gasteiger charge is -2.06. The largest absolute Gasteiger partial charge is 0.344 e. The lowest BCUT2D eigenvalue weighted by Crippen LogP contribution is -2.07. The molecule has 0 aliphatic rings. The molecule has 0 saturated carbocycles. The van der Waals surface area contributed by atoms with Gasteiger partial charge in [0.15, 0.2) is 0 Å². The summed E-state index contributed by atoms with van der Waals surface area (Å²) in [4.78, 5) is 28.9. The molecule has 3 aromatic heterocycles. The van der Waals surface area contributed by atoms with Gasteiger partial charge in [-0.2, -0.15) is 0 Å². The molecule has 3 heterocycles. The highest BCUT2D eigenvalue weighted by Crippen LogP contribution is 2.42. The first-order valence-corrected chi connectivity index (χ1v) is 10.2. The predicted octanol–water partition coefficient (Wildman–Crippen LogP) is 5.84. The second-order valence-corrected chi connectivity index (χ2v) is 8.17. The number of nitrogens with one attached hydrogen (secondary N) is 2. The Morgan fingerprint density at radius 3 is 2.69 bits per heavy atom. The summed E-state index contributed by atoms with van der Waals surface area (Å²) in [5.74, 6) is 0.985. The van der Waals surface area contributed by atoms with Gasteiger partial charge in [-0.05, 0) is 36.8 Å². The van der Waals surface area contributed by atoms with Gasteiger partial charge in [0.25, 0.3) is 0 Å². The van der Waals surface area contributed by atoms with Crippen molar-refractivity contribution >= 4 is 46.3 Å². The van der Waals surface area contributed by atoms with Gasteiger partial charge in [-0.3, -0.25) is 4.79 Å². The fourth-order valence-electron chi connectivity index (χ4n) is 2.85. The molecule has 0 saturated heterocycles. The van der Waals surface area contributed by atoms with Gasteiger partial charge >= 0.3 is 0 Å². The summed E-state index contributed by atoms with van der Waals surface area (Å²) in [7, 11) is 0. The summed E-state index contributed by atoms with van der Waals surface area (Å²) in [5, 5.41) is 4.54. The third kappa shape index (κ3) is 4.03. The van der Waals surface area contributed by atoms with Crippen LogP contribution in [0, 0.1) is 6.92 Å². The maximum absolute atomic E-state index is 11.4. The molecule has 6 nitrogen and oxygen atoms in total. The minimum atomic E-state index is -0.184. The van der Waals surface area contributed by atoms with Crippen molar-refractivity contribution < 1.29 is 4.79 Å². The highest BCUT2D eigenvalue weighted by Gasteiger charge is 2.21. The Kier molecular flexibility index (Phi) is 5.36. The summed E-state index contributed by atoms with van der Waals surface area (Å²) < 4.78 is 0. The molecule has 0 bridgehead atoms. The van der Waals surface area contributed by atoms with Gasteiger partial charge in [0.2, 0.25) is 5.91 Å². The van der Waals surface area contributed by atoms with Crippen LogP contribution < -0.4 is 5.32 Å². The predicted molar refractivity (Wildman–Crippen MR) is 117 cm³/mol. The van der Waals surface area contributed by atoms with E-state index in [2.05, 4.69) is 20.3 Å². The van der Waals surface area contributed by atoms with Crippen molar-refractivity contribution in [1.29, 1.82) is 0 Å². The number of rotatable bonds is 4. The summed E-state index contributed by atoms with van der Waals surface area (Å²) in [5.41, 5.74) is 3.28. The first-order chi connectivity index (χ1) is 13.9. The maximum atomic E-state index is 11.4. The number of benzene rings is 1. The van der Waals surface area contributed by atoms with Gasteiger partial charge in [-0.15, -0.1) is 11.3 Å². The molecule has 0 unspecified atom stereocenters. The van der Waals surface area contributed by atoms with E-state index in [0.29, 0.717) is 27.4 Å². The number of nitrogens with zero attached hydrogens (tertiary/aromatic N) is 3. The maximum Gasteiger partial charge on any atom is 0.222 e. The number of amides is 1. The Morgan fingerprint density at radius 2 is 2.00 bits per heavy atom. The van der Waals surface area contributed by atoms with Crippen molar-refractivity contribution in [2.24, 2.45) is 0 Å². The van der Waals surface area contributed by atoms with E-state index < -0.39 is 0 Å². The van der Waals surface area contributed by atoms with E-state index in [0.717, 1.165) is 26.6 Å². The van der Waals surface area contributed by atoms with E-state index in [1.54, 1.807) is 30.7 Å². The Morgan fingerprint density at radius 1 is 1.17 bits per heavy atom. The molecule has 146 valence electrons. The van der Waals surface area contributed by atoms with Gasteiger partial charge < -0.3 is 10.3 Å². The SMILES string of the molecule is CC(=O)Nc1cc(-c2nc(-c3ccc(Cl)cc3Cl)c(-c3ncc[nH]3)s2)c(C)cn1. The first-order valence-electron chi connectivity index (χ1n) is 8.63. The number of halogens is 2. The van der Waals surface area contributed by atoms with E-state index in [4.69, 9.17) is 28.2 Å². The molecule has 0 fully saturated rings. The molecule has 1 amide bonds. The third-order valence-corrected chi connectivity index (χ3v) is 5.81. The molecule has 9 heteroatoms. The number of carbonyl (C=O) groups excluding carboxylic acids is 1. The molecule has 1 aromatic carbocycles. The van der Waals surface area contributed by atoms with E-state index in [-0.39, 0.29) is 5.91 Å². The number of hydrogen-bond acceptors (Lipinski definition) is 5. The number of hydrogen-bond donors (Lipinski definition) is 2. The smallest absolute Gasteiger partial charge is 0.222 e. The number of aromatic nitrogens is 4. The average molecular weight is 444 g/mol. The fourth-order valence-corrected chi connectivity index (χ4v) is 4.47. The molecule has 0 aliphatic carbocycles. The second-order valence-electron chi connectivity index (χ2n) is 6.32. The summed E-state index contributed by atoms with van der Waals surface area (Å²) >= 11 is 14.0. The lowest BCUT2D eigenvalue weighted by molar-refractivity contribution is -0.114. The van der Waals surface area contributed by atoms with Crippen LogP contribution in [0.5, 0.6) is 0 Å². The Bertz CT molecular complexity index is 1200. The topological polar surface area (TPSA) is 83.6 Å². The lowest BCUT2D eigenvalue weighted by atomic mass is 10.1. The molecule has 29 heavy (non-hydrogen) atoms. The highest BCUT2D eigenvalue weighted by atomic mass is 35.5. The summed E-state index contributed by atoms with van der Waals surface area (Å²) in [6, 6.07) is 7.13. The number of H-pyrrole nitrogens is 1. The van der Waals surface area contributed by atoms with Gasteiger partial charge in [0.1, 0.15) is 16.6 Å². The standard InChI is InChI=1S/C20H15Cl2N5OS/c1-10-9-25-16(26-11(2)28)8-14(10)20-27-17(13-4-3-12(21)7-15(13)22)18(29-20)19-23-5-6-24-19/h3-9H,1-2H3,(H,23,24)(H,25,26,28). The molecule has 4 aromatic rings. The highest BCUT2D eigenvalue weighted by molar-refractivity contribution is 7.18. The monoisotopic (exact) mass is 443 g/mol. The number of aryl methyl sites for hydroxylation is 1. The van der Waals surface area contributed by atoms with Crippen molar-refractivity contribution in [3.05, 3.63) is 58.5 Å². The van der Waals surface area contributed by atoms with Crippen LogP contribution in [-0.2, 0) is 4.79 Å². The van der Waals surface area contributed by atoms with Crippen LogP contribution in [0.25, 0.3) is 32.5 Å². The number of carbonyl (C=O) groups is 1. The number of pyridine rings is 1. The zero-order valence-corrected chi connectivity index (χ0v) is 17.8. The molecule has 0 spiro atoms. The van der Waals surface area contributed by atoms with E-state index in [1.165, 1.54) is 18.3 Å². The van der Waals surface area contributed by atoms with Crippen LogP contribution >= 0.6 is 34.5 Å². The Balaban J connectivity index is 1.90. The van der Waals surface area contributed by atoms with Crippen LogP contribution in [0.15, 0.2) is 42.9 Å². The van der Waals surface area contributed by atoms with Crippen LogP contribution in [0.2, 0.25) is 10.0 Å². The molecule has 2 N–H and O–H groups in total. The van der Waals surface area contributed by atoms with Gasteiger partial charge in [-0.25, -0.2) is 15.0 Å². The third-order valence-electron chi connectivity index (χ3n) is 4.16. The van der Waals surface area contributed by atoms with Crippen LogP contribution in [-0.4, -0.2) is 25.8 Å². The minimum Gasteiger partial charge on any atom is -0.344 e. The number of aromatic amines is 1. The van der Waals surface area contributed by atoms with Gasteiger partial charge in [0.05, 0.1) is 15.6 Å². The quantitative estimate of drug-likeness (QED) is 0.415. The minimum absolute atomic E-state index is 0.184. The van der Waals surface area contributed by atoms with Crippen molar-refractivity contribution in [1.82, 2.24) is 19.9 Å². The van der Waals surface area contributed by atoms with Crippen LogP contribution in [0.4, 0.5) is 5.82 Å². The Hall–Kier alpha value is -2.74. The number of anilines is 1. The summed E-state index contributed by atoms with van der Waals surface area (Å²) in [6.45, 7) is 3.39. The molecule has 0 atom stereocenters. The molecule has 4 rings (SSSR count). The Labute approximate surface area is 181 Å². The van der Waals surface area contributed by atoms with Crippen LogP contribution in [0.1, 0.15) is 12.5 Å². The summed E-state index contributed by atoms with van der Waals surface area (Å²) in [6.07, 6.45) is 5.16. The zero-order valence-electron chi connectivity index (χ0n) is 15.5. The molecule has 0 radical (unpaired) electrons. The molecular formula is C20H15Cl2N5OS.